The molecule has 0 unspecified atom stereocenters. The number of hydrogen-bond acceptors (Lipinski definition) is 4. The van der Waals surface area contributed by atoms with Gasteiger partial charge in [-0.3, -0.25) is 4.79 Å². The van der Waals surface area contributed by atoms with Crippen LogP contribution in [-0.4, -0.2) is 38.1 Å². The first-order valence-corrected chi connectivity index (χ1v) is 15.6. The van der Waals surface area contributed by atoms with Gasteiger partial charge in [-0.25, -0.2) is 4.98 Å². The van der Waals surface area contributed by atoms with Crippen molar-refractivity contribution in [3.63, 3.8) is 0 Å². The van der Waals surface area contributed by atoms with E-state index in [4.69, 9.17) is 40.7 Å². The van der Waals surface area contributed by atoms with Gasteiger partial charge in [0.1, 0.15) is 0 Å². The molecule has 0 bridgehead atoms. The number of hydrogen-bond donors (Lipinski definition) is 2. The van der Waals surface area contributed by atoms with Crippen molar-refractivity contribution in [1.29, 1.82) is 5.26 Å². The Morgan fingerprint density at radius 1 is 1.09 bits per heavy atom. The van der Waals surface area contributed by atoms with Gasteiger partial charge < -0.3 is 20.1 Å². The summed E-state index contributed by atoms with van der Waals surface area (Å²) in [5.41, 5.74) is 5.30. The van der Waals surface area contributed by atoms with Gasteiger partial charge in [0.15, 0.2) is 5.11 Å². The standard InChI is InChI=1S/C34H36Cl2N6OS/c1-23(2)15-29(39-32(43)16-30-18-38-22-42(30)19-26-11-9-25(17-37)10-12-26)21-41(20-27-5-4-6-31(35)33(27)36)34(44)40-28-13-7-24(3)8-14-28/h4-14,18,22-23,29H,15-16,19-21H2,1-3H3,(H,39,43)(H,40,44)/t29-/m0/s1. The molecule has 2 N–H and O–H groups in total. The van der Waals surface area contributed by atoms with E-state index >= 15 is 0 Å². The second-order valence-corrected chi connectivity index (χ2v) is 12.5. The Bertz CT molecular complexity index is 1610. The Hall–Kier alpha value is -3.90. The molecule has 4 aromatic rings. The third-order valence-electron chi connectivity index (χ3n) is 7.12. The van der Waals surface area contributed by atoms with Gasteiger partial charge >= 0.3 is 0 Å². The molecule has 3 aromatic carbocycles. The Labute approximate surface area is 274 Å². The van der Waals surface area contributed by atoms with Crippen LogP contribution in [0.25, 0.3) is 0 Å². The molecule has 0 saturated heterocycles. The zero-order valence-corrected chi connectivity index (χ0v) is 27.4. The average molecular weight is 648 g/mol. The molecule has 0 aliphatic carbocycles. The van der Waals surface area contributed by atoms with E-state index in [2.05, 4.69) is 35.5 Å². The van der Waals surface area contributed by atoms with Crippen LogP contribution in [-0.2, 0) is 24.3 Å². The number of aromatic nitrogens is 2. The van der Waals surface area contributed by atoms with Gasteiger partial charge in [-0.15, -0.1) is 0 Å². The number of aryl methyl sites for hydroxylation is 1. The lowest BCUT2D eigenvalue weighted by Crippen LogP contribution is -2.47. The fourth-order valence-electron chi connectivity index (χ4n) is 4.91. The van der Waals surface area contributed by atoms with Crippen molar-refractivity contribution in [2.45, 2.75) is 52.7 Å². The van der Waals surface area contributed by atoms with E-state index in [1.807, 2.05) is 64.9 Å². The normalized spacial score (nSPS) is 11.6. The second-order valence-electron chi connectivity index (χ2n) is 11.3. The molecule has 0 saturated carbocycles. The monoisotopic (exact) mass is 646 g/mol. The molecule has 10 heteroatoms. The lowest BCUT2D eigenvalue weighted by molar-refractivity contribution is -0.121. The quantitative estimate of drug-likeness (QED) is 0.156. The van der Waals surface area contributed by atoms with E-state index in [1.54, 1.807) is 30.7 Å². The molecule has 1 amide bonds. The highest BCUT2D eigenvalue weighted by molar-refractivity contribution is 7.80. The summed E-state index contributed by atoms with van der Waals surface area (Å²) < 4.78 is 1.95. The zero-order valence-electron chi connectivity index (χ0n) is 25.1. The van der Waals surface area contributed by atoms with Crippen LogP contribution in [0.4, 0.5) is 5.69 Å². The second kappa shape index (κ2) is 15.7. The molecule has 0 radical (unpaired) electrons. The van der Waals surface area contributed by atoms with E-state index in [-0.39, 0.29) is 18.4 Å². The molecule has 0 spiro atoms. The van der Waals surface area contributed by atoms with Crippen LogP contribution >= 0.6 is 35.4 Å². The molecule has 1 heterocycles. The molecule has 0 fully saturated rings. The first-order chi connectivity index (χ1) is 21.1. The molecule has 228 valence electrons. The van der Waals surface area contributed by atoms with Crippen LogP contribution < -0.4 is 10.6 Å². The van der Waals surface area contributed by atoms with Gasteiger partial charge in [0, 0.05) is 43.3 Å². The Kier molecular flexibility index (Phi) is 11.8. The van der Waals surface area contributed by atoms with E-state index in [1.165, 1.54) is 0 Å². The molecular weight excluding hydrogens is 611 g/mol. The van der Waals surface area contributed by atoms with Gasteiger partial charge in [0.25, 0.3) is 0 Å². The van der Waals surface area contributed by atoms with Crippen molar-refractivity contribution in [3.05, 3.63) is 117 Å². The number of thiocarbonyl (C=S) groups is 1. The van der Waals surface area contributed by atoms with Crippen molar-refractivity contribution in [1.82, 2.24) is 19.8 Å². The van der Waals surface area contributed by atoms with Crippen LogP contribution in [0.15, 0.2) is 79.3 Å². The van der Waals surface area contributed by atoms with Crippen LogP contribution in [0, 0.1) is 24.2 Å². The lowest BCUT2D eigenvalue weighted by Gasteiger charge is -2.32. The smallest absolute Gasteiger partial charge is 0.226 e. The molecule has 0 aliphatic rings. The number of amides is 1. The van der Waals surface area contributed by atoms with Crippen molar-refractivity contribution < 1.29 is 4.79 Å². The molecule has 4 rings (SSSR count). The number of carbonyl (C=O) groups is 1. The van der Waals surface area contributed by atoms with Crippen molar-refractivity contribution in [2.24, 2.45) is 5.92 Å². The molecule has 44 heavy (non-hydrogen) atoms. The first kappa shape index (κ1) is 33.0. The van der Waals surface area contributed by atoms with Gasteiger partial charge in [-0.1, -0.05) is 79.0 Å². The molecule has 0 aliphatic heterocycles. The SMILES string of the molecule is Cc1ccc(NC(=S)N(Cc2cccc(Cl)c2Cl)C[C@H](CC(C)C)NC(=O)Cc2cncn2Cc2ccc(C#N)cc2)cc1. The van der Waals surface area contributed by atoms with Gasteiger partial charge in [0.05, 0.1) is 34.4 Å². The summed E-state index contributed by atoms with van der Waals surface area (Å²) in [5.74, 6) is 0.229. The maximum Gasteiger partial charge on any atom is 0.226 e. The van der Waals surface area contributed by atoms with Crippen LogP contribution in [0.3, 0.4) is 0 Å². The number of anilines is 1. The summed E-state index contributed by atoms with van der Waals surface area (Å²) in [6.45, 7) is 7.74. The van der Waals surface area contributed by atoms with Crippen molar-refractivity contribution >= 4 is 52.1 Å². The van der Waals surface area contributed by atoms with Gasteiger partial charge in [-0.2, -0.15) is 5.26 Å². The summed E-state index contributed by atoms with van der Waals surface area (Å²) in [7, 11) is 0. The Morgan fingerprint density at radius 2 is 1.82 bits per heavy atom. The largest absolute Gasteiger partial charge is 0.351 e. The van der Waals surface area contributed by atoms with E-state index in [0.717, 1.165) is 34.5 Å². The summed E-state index contributed by atoms with van der Waals surface area (Å²) in [6, 6.07) is 22.9. The highest BCUT2D eigenvalue weighted by Gasteiger charge is 2.22. The van der Waals surface area contributed by atoms with Crippen LogP contribution in [0.1, 0.15) is 48.2 Å². The Balaban J connectivity index is 1.50. The van der Waals surface area contributed by atoms with Crippen molar-refractivity contribution in [2.75, 3.05) is 11.9 Å². The fraction of sp³-hybridized carbons (Fsp3) is 0.294. The summed E-state index contributed by atoms with van der Waals surface area (Å²) in [5, 5.41) is 17.2. The fourth-order valence-corrected chi connectivity index (χ4v) is 5.55. The van der Waals surface area contributed by atoms with E-state index in [9.17, 15) is 4.79 Å². The highest BCUT2D eigenvalue weighted by atomic mass is 35.5. The molecular formula is C34H36Cl2N6OS. The number of nitrogens with zero attached hydrogens (tertiary/aromatic N) is 4. The maximum atomic E-state index is 13.4. The number of benzene rings is 3. The van der Waals surface area contributed by atoms with Crippen molar-refractivity contribution in [3.8, 4) is 6.07 Å². The topological polar surface area (TPSA) is 86.0 Å². The minimum absolute atomic E-state index is 0.102. The predicted octanol–water partition coefficient (Wildman–Crippen LogP) is 7.39. The van der Waals surface area contributed by atoms with Gasteiger partial charge in [0.2, 0.25) is 5.91 Å². The minimum atomic E-state index is -0.187. The zero-order chi connectivity index (χ0) is 31.6. The number of nitrogens with one attached hydrogen (secondary N) is 2. The summed E-state index contributed by atoms with van der Waals surface area (Å²) >= 11 is 18.8. The maximum absolute atomic E-state index is 13.4. The van der Waals surface area contributed by atoms with Crippen LogP contribution in [0.5, 0.6) is 0 Å². The van der Waals surface area contributed by atoms with E-state index in [0.29, 0.717) is 46.3 Å². The lowest BCUT2D eigenvalue weighted by atomic mass is 10.0. The molecule has 7 nitrogen and oxygen atoms in total. The minimum Gasteiger partial charge on any atom is -0.351 e. The average Bonchev–Trinajstić information content (AvgIpc) is 3.42. The number of imidazole rings is 1. The van der Waals surface area contributed by atoms with E-state index < -0.39 is 0 Å². The number of halogens is 2. The summed E-state index contributed by atoms with van der Waals surface area (Å²) in [4.78, 5) is 19.7. The number of nitriles is 1. The van der Waals surface area contributed by atoms with Crippen LogP contribution in [0.2, 0.25) is 10.0 Å². The highest BCUT2D eigenvalue weighted by Crippen LogP contribution is 2.27. The summed E-state index contributed by atoms with van der Waals surface area (Å²) in [6.07, 6.45) is 4.37. The molecule has 1 atom stereocenters. The first-order valence-electron chi connectivity index (χ1n) is 14.4. The number of carbonyl (C=O) groups excluding carboxylic acids is 1. The predicted molar refractivity (Wildman–Crippen MR) is 182 cm³/mol. The van der Waals surface area contributed by atoms with Gasteiger partial charge in [-0.05, 0) is 72.9 Å². The third kappa shape index (κ3) is 9.55. The molecule has 1 aromatic heterocycles. The Morgan fingerprint density at radius 3 is 2.50 bits per heavy atom. The number of rotatable bonds is 12. The third-order valence-corrected chi connectivity index (χ3v) is 8.34.